The van der Waals surface area contributed by atoms with Crippen LogP contribution in [0.4, 0.5) is 0 Å². The van der Waals surface area contributed by atoms with Crippen molar-refractivity contribution in [3.63, 3.8) is 0 Å². The van der Waals surface area contributed by atoms with Crippen LogP contribution in [0.1, 0.15) is 110 Å². The van der Waals surface area contributed by atoms with Gasteiger partial charge in [-0.25, -0.2) is 0 Å². The molecule has 5 N–H and O–H groups in total. The molecule has 0 bridgehead atoms. The molecule has 3 saturated heterocycles. The van der Waals surface area contributed by atoms with Crippen LogP contribution < -0.4 is 0 Å². The molecule has 266 valence electrons. The number of rotatable bonds is 22. The lowest BCUT2D eigenvalue weighted by Crippen LogP contribution is -2.64. The summed E-state index contributed by atoms with van der Waals surface area (Å²) < 4.78 is 34.2. The average molecular weight is 667 g/mol. The number of aliphatic hydroxyl groups is 5. The molecule has 0 aromatic carbocycles. The number of ether oxygens (including phenoxy) is 6. The molecule has 3 aliphatic rings. The predicted molar refractivity (Wildman–Crippen MR) is 172 cm³/mol. The minimum Gasteiger partial charge on any atom is -0.394 e. The number of unbranched alkanes of at least 4 members (excludes halogenated alkanes) is 15. The SMILES string of the molecule is CCCCCCCCCCCCCCCCCCSCCO[C@@H]1O[C@@H]2COCO[C@H]3[C@@H](O[C@@H]2[C@H](O)[C@H]1O)O[C@H](CO)[C@H](O)[C@@H]3O. The summed E-state index contributed by atoms with van der Waals surface area (Å²) >= 11 is 1.81. The zero-order valence-electron chi connectivity index (χ0n) is 27.4. The summed E-state index contributed by atoms with van der Waals surface area (Å²) in [6.45, 7) is 1.81. The van der Waals surface area contributed by atoms with E-state index in [2.05, 4.69) is 6.92 Å². The number of thioether (sulfide) groups is 1. The van der Waals surface area contributed by atoms with Crippen LogP contribution in [0.3, 0.4) is 0 Å². The van der Waals surface area contributed by atoms with E-state index < -0.39 is 68.0 Å². The van der Waals surface area contributed by atoms with Crippen LogP contribution in [-0.2, 0) is 28.4 Å². The fourth-order valence-electron chi connectivity index (χ4n) is 6.21. The molecule has 0 saturated carbocycles. The maximum absolute atomic E-state index is 10.9. The summed E-state index contributed by atoms with van der Waals surface area (Å²) in [5, 5.41) is 51.8. The normalized spacial score (nSPS) is 34.0. The Balaban J connectivity index is 1.21. The lowest BCUT2D eigenvalue weighted by atomic mass is 9.97. The Hall–Kier alpha value is -0.0900. The highest BCUT2D eigenvalue weighted by Crippen LogP contribution is 2.32. The van der Waals surface area contributed by atoms with E-state index in [1.54, 1.807) is 11.8 Å². The second-order valence-electron chi connectivity index (χ2n) is 12.7. The van der Waals surface area contributed by atoms with Crippen molar-refractivity contribution in [2.45, 2.75) is 171 Å². The molecular weight excluding hydrogens is 604 g/mol. The van der Waals surface area contributed by atoms with Gasteiger partial charge in [0.25, 0.3) is 0 Å². The van der Waals surface area contributed by atoms with Gasteiger partial charge in [-0.15, -0.1) is 0 Å². The van der Waals surface area contributed by atoms with Gasteiger partial charge in [0.2, 0.25) is 0 Å². The van der Waals surface area contributed by atoms with Crippen molar-refractivity contribution in [3.05, 3.63) is 0 Å². The van der Waals surface area contributed by atoms with E-state index in [0.717, 1.165) is 11.5 Å². The van der Waals surface area contributed by atoms with E-state index in [1.807, 2.05) is 0 Å². The van der Waals surface area contributed by atoms with Gasteiger partial charge in [-0.05, 0) is 12.2 Å². The first-order chi connectivity index (χ1) is 22.0. The minimum absolute atomic E-state index is 0.0240. The molecule has 12 heteroatoms. The Morgan fingerprint density at radius 2 is 1.22 bits per heavy atom. The summed E-state index contributed by atoms with van der Waals surface area (Å²) in [5.41, 5.74) is 0. The molecule has 0 amide bonds. The van der Waals surface area contributed by atoms with Gasteiger partial charge in [-0.1, -0.05) is 103 Å². The molecule has 0 aliphatic carbocycles. The van der Waals surface area contributed by atoms with Gasteiger partial charge in [0.1, 0.15) is 55.6 Å². The molecule has 3 fully saturated rings. The van der Waals surface area contributed by atoms with Crippen molar-refractivity contribution in [3.8, 4) is 0 Å². The molecular formula is C33H62O11S. The average Bonchev–Trinajstić information content (AvgIpc) is 3.13. The number of fused-ring (bicyclic) bond motifs is 2. The molecule has 0 aromatic rings. The van der Waals surface area contributed by atoms with Crippen molar-refractivity contribution >= 4 is 11.8 Å². The Morgan fingerprint density at radius 1 is 0.644 bits per heavy atom. The predicted octanol–water partition coefficient (Wildman–Crippen LogP) is 3.64. The summed E-state index contributed by atoms with van der Waals surface area (Å²) in [7, 11) is 0. The Bertz CT molecular complexity index is 737. The van der Waals surface area contributed by atoms with Crippen LogP contribution in [-0.4, -0.2) is 125 Å². The molecule has 0 unspecified atom stereocenters. The van der Waals surface area contributed by atoms with Crippen molar-refractivity contribution in [1.82, 2.24) is 0 Å². The highest BCUT2D eigenvalue weighted by molar-refractivity contribution is 7.99. The first-order valence-corrected chi connectivity index (χ1v) is 18.8. The van der Waals surface area contributed by atoms with E-state index in [1.165, 1.54) is 103 Å². The highest BCUT2D eigenvalue weighted by Gasteiger charge is 2.52. The molecule has 10 atom stereocenters. The van der Waals surface area contributed by atoms with Crippen LogP contribution in [0, 0.1) is 0 Å². The third-order valence-corrected chi connectivity index (χ3v) is 10.1. The van der Waals surface area contributed by atoms with Gasteiger partial charge in [-0.2, -0.15) is 11.8 Å². The van der Waals surface area contributed by atoms with Crippen LogP contribution in [0.25, 0.3) is 0 Å². The van der Waals surface area contributed by atoms with Gasteiger partial charge in [0, 0.05) is 5.75 Å². The van der Waals surface area contributed by atoms with Gasteiger partial charge < -0.3 is 54.0 Å². The van der Waals surface area contributed by atoms with E-state index in [-0.39, 0.29) is 13.4 Å². The zero-order valence-corrected chi connectivity index (χ0v) is 28.2. The lowest BCUT2D eigenvalue weighted by molar-refractivity contribution is -0.356. The first-order valence-electron chi connectivity index (χ1n) is 17.7. The molecule has 0 aromatic heterocycles. The van der Waals surface area contributed by atoms with Gasteiger partial charge >= 0.3 is 0 Å². The molecule has 45 heavy (non-hydrogen) atoms. The highest BCUT2D eigenvalue weighted by atomic mass is 32.2. The van der Waals surface area contributed by atoms with E-state index in [4.69, 9.17) is 28.4 Å². The summed E-state index contributed by atoms with van der Waals surface area (Å²) in [4.78, 5) is 0. The molecule has 3 rings (SSSR count). The maximum Gasteiger partial charge on any atom is 0.187 e. The van der Waals surface area contributed by atoms with Crippen molar-refractivity contribution < 1.29 is 54.0 Å². The molecule has 0 spiro atoms. The van der Waals surface area contributed by atoms with Gasteiger partial charge in [0.05, 0.1) is 19.8 Å². The first kappa shape index (κ1) is 39.3. The number of hydrogen-bond donors (Lipinski definition) is 5. The quantitative estimate of drug-likeness (QED) is 0.107. The maximum atomic E-state index is 10.9. The Kier molecular flexibility index (Phi) is 20.4. The molecule has 3 aliphatic heterocycles. The van der Waals surface area contributed by atoms with Gasteiger partial charge in [0.15, 0.2) is 12.6 Å². The number of hydrogen-bond acceptors (Lipinski definition) is 12. The Morgan fingerprint density at radius 3 is 1.82 bits per heavy atom. The topological polar surface area (TPSA) is 157 Å². The van der Waals surface area contributed by atoms with Crippen molar-refractivity contribution in [2.75, 3.05) is 38.1 Å². The van der Waals surface area contributed by atoms with E-state index in [0.29, 0.717) is 6.61 Å². The fourth-order valence-corrected chi connectivity index (χ4v) is 7.04. The molecule has 0 radical (unpaired) electrons. The second kappa shape index (κ2) is 23.3. The largest absolute Gasteiger partial charge is 0.394 e. The smallest absolute Gasteiger partial charge is 0.187 e. The van der Waals surface area contributed by atoms with Crippen LogP contribution >= 0.6 is 11.8 Å². The second-order valence-corrected chi connectivity index (χ2v) is 14.0. The third-order valence-electron chi connectivity index (χ3n) is 9.03. The van der Waals surface area contributed by atoms with Crippen molar-refractivity contribution in [2.24, 2.45) is 0 Å². The third kappa shape index (κ3) is 13.7. The van der Waals surface area contributed by atoms with Crippen molar-refractivity contribution in [1.29, 1.82) is 0 Å². The monoisotopic (exact) mass is 666 g/mol. The number of aliphatic hydroxyl groups excluding tert-OH is 5. The Labute approximate surface area is 274 Å². The van der Waals surface area contributed by atoms with E-state index in [9.17, 15) is 25.5 Å². The van der Waals surface area contributed by atoms with Gasteiger partial charge in [-0.3, -0.25) is 0 Å². The van der Waals surface area contributed by atoms with Crippen LogP contribution in [0.2, 0.25) is 0 Å². The standard InChI is InChI=1S/C33H62O11S/c1-2-3-4-5-6-7-8-9-10-11-12-13-14-15-16-17-19-45-20-18-40-32-29(38)28(37)30-25(43-32)22-39-23-41-31-27(36)26(35)24(21-34)42-33(31)44-30/h24-38H,2-23H2,1H3/t24-,25-,26+,27+,28-,29-,30+,31-,32-,33-/m1/s1. The minimum atomic E-state index is -1.42. The van der Waals surface area contributed by atoms with Crippen LogP contribution in [0.15, 0.2) is 0 Å². The lowest BCUT2D eigenvalue weighted by Gasteiger charge is -2.46. The fraction of sp³-hybridized carbons (Fsp3) is 1.00. The zero-order chi connectivity index (χ0) is 32.3. The summed E-state index contributed by atoms with van der Waals surface area (Å²) in [6.07, 6.45) is 9.71. The molecule has 3 heterocycles. The van der Waals surface area contributed by atoms with E-state index >= 15 is 0 Å². The van der Waals surface area contributed by atoms with Crippen LogP contribution in [0.5, 0.6) is 0 Å². The summed E-state index contributed by atoms with van der Waals surface area (Å²) in [5.74, 6) is 1.81. The molecule has 11 nitrogen and oxygen atoms in total. The summed E-state index contributed by atoms with van der Waals surface area (Å²) in [6, 6.07) is 0.